The quantitative estimate of drug-likeness (QED) is 0.393. The molecular formula is C18H27IN4O. The van der Waals surface area contributed by atoms with Crippen LogP contribution < -0.4 is 15.5 Å². The van der Waals surface area contributed by atoms with Gasteiger partial charge in [0, 0.05) is 45.3 Å². The van der Waals surface area contributed by atoms with Gasteiger partial charge in [-0.2, -0.15) is 0 Å². The summed E-state index contributed by atoms with van der Waals surface area (Å²) in [5.74, 6) is 1.79. The van der Waals surface area contributed by atoms with Crippen LogP contribution in [0.25, 0.3) is 0 Å². The summed E-state index contributed by atoms with van der Waals surface area (Å²) >= 11 is 0. The molecule has 0 aliphatic carbocycles. The van der Waals surface area contributed by atoms with Crippen molar-refractivity contribution in [2.45, 2.75) is 19.4 Å². The van der Waals surface area contributed by atoms with Crippen molar-refractivity contribution in [3.63, 3.8) is 0 Å². The van der Waals surface area contributed by atoms with Gasteiger partial charge in [0.05, 0.1) is 6.26 Å². The minimum Gasteiger partial charge on any atom is -0.469 e. The molecule has 0 bridgehead atoms. The summed E-state index contributed by atoms with van der Waals surface area (Å²) in [6.07, 6.45) is 2.54. The van der Waals surface area contributed by atoms with Crippen molar-refractivity contribution in [3.05, 3.63) is 54.5 Å². The average molecular weight is 442 g/mol. The Morgan fingerprint density at radius 3 is 2.54 bits per heavy atom. The van der Waals surface area contributed by atoms with Gasteiger partial charge >= 0.3 is 0 Å². The fourth-order valence-corrected chi connectivity index (χ4v) is 2.28. The number of hydrogen-bond donors (Lipinski definition) is 2. The Morgan fingerprint density at radius 1 is 1.17 bits per heavy atom. The van der Waals surface area contributed by atoms with E-state index in [4.69, 9.17) is 4.42 Å². The first-order chi connectivity index (χ1) is 11.2. The smallest absolute Gasteiger partial charge is 0.191 e. The van der Waals surface area contributed by atoms with Crippen LogP contribution in [0.4, 0.5) is 5.69 Å². The Hall–Kier alpha value is -1.70. The zero-order chi connectivity index (χ0) is 16.5. The van der Waals surface area contributed by atoms with Gasteiger partial charge in [-0.15, -0.1) is 24.0 Å². The van der Waals surface area contributed by atoms with E-state index in [9.17, 15) is 0 Å². The standard InChI is InChI=1S/C18H26N4O.HI/c1-15(22(3)16-8-5-4-6-9-16)14-21-18(19-2)20-12-11-17-10-7-13-23-17;/h4-10,13,15H,11-12,14H2,1-3H3,(H2,19,20,21);1H. The van der Waals surface area contributed by atoms with Crippen molar-refractivity contribution in [1.82, 2.24) is 10.6 Å². The summed E-state index contributed by atoms with van der Waals surface area (Å²) in [4.78, 5) is 6.51. The molecule has 2 aromatic rings. The first kappa shape index (κ1) is 20.3. The fraction of sp³-hybridized carbons (Fsp3) is 0.389. The third-order valence-electron chi connectivity index (χ3n) is 3.86. The number of guanidine groups is 1. The van der Waals surface area contributed by atoms with Gasteiger partial charge in [-0.25, -0.2) is 0 Å². The highest BCUT2D eigenvalue weighted by Gasteiger charge is 2.10. The first-order valence-corrected chi connectivity index (χ1v) is 7.95. The fourth-order valence-electron chi connectivity index (χ4n) is 2.28. The topological polar surface area (TPSA) is 52.8 Å². The number of nitrogens with zero attached hydrogens (tertiary/aromatic N) is 2. The Morgan fingerprint density at radius 2 is 1.92 bits per heavy atom. The Balaban J connectivity index is 0.00000288. The molecule has 0 spiro atoms. The van der Waals surface area contributed by atoms with Crippen molar-refractivity contribution in [1.29, 1.82) is 0 Å². The number of likely N-dealkylation sites (N-methyl/N-ethyl adjacent to an activating group) is 1. The Labute approximate surface area is 161 Å². The van der Waals surface area contributed by atoms with E-state index in [-0.39, 0.29) is 24.0 Å². The predicted octanol–water partition coefficient (Wildman–Crippen LogP) is 3.13. The van der Waals surface area contributed by atoms with Crippen molar-refractivity contribution in [2.24, 2.45) is 4.99 Å². The molecule has 5 nitrogen and oxygen atoms in total. The van der Waals surface area contributed by atoms with E-state index in [0.717, 1.165) is 31.2 Å². The monoisotopic (exact) mass is 442 g/mol. The molecule has 0 saturated carbocycles. The molecule has 1 heterocycles. The summed E-state index contributed by atoms with van der Waals surface area (Å²) in [6, 6.07) is 14.6. The van der Waals surface area contributed by atoms with Gasteiger partial charge in [0.15, 0.2) is 5.96 Å². The lowest BCUT2D eigenvalue weighted by molar-refractivity contribution is 0.506. The molecule has 1 atom stereocenters. The highest BCUT2D eigenvalue weighted by atomic mass is 127. The van der Waals surface area contributed by atoms with Crippen LogP contribution in [-0.2, 0) is 6.42 Å². The van der Waals surface area contributed by atoms with Crippen molar-refractivity contribution >= 4 is 35.6 Å². The molecule has 1 aromatic carbocycles. The lowest BCUT2D eigenvalue weighted by Crippen LogP contribution is -2.45. The van der Waals surface area contributed by atoms with Gasteiger partial charge < -0.3 is 20.0 Å². The van der Waals surface area contributed by atoms with E-state index in [0.29, 0.717) is 6.04 Å². The molecule has 1 aromatic heterocycles. The number of hydrogen-bond acceptors (Lipinski definition) is 3. The highest BCUT2D eigenvalue weighted by molar-refractivity contribution is 14.0. The van der Waals surface area contributed by atoms with Crippen LogP contribution in [0.15, 0.2) is 58.1 Å². The van der Waals surface area contributed by atoms with Crippen LogP contribution in [0, 0.1) is 0 Å². The van der Waals surface area contributed by atoms with Gasteiger partial charge in [0.1, 0.15) is 5.76 Å². The van der Waals surface area contributed by atoms with E-state index >= 15 is 0 Å². The van der Waals surface area contributed by atoms with Gasteiger partial charge in [-0.05, 0) is 31.2 Å². The maximum absolute atomic E-state index is 5.32. The summed E-state index contributed by atoms with van der Waals surface area (Å²) < 4.78 is 5.32. The first-order valence-electron chi connectivity index (χ1n) is 7.95. The minimum absolute atomic E-state index is 0. The summed E-state index contributed by atoms with van der Waals surface area (Å²) in [5.41, 5.74) is 1.21. The second-order valence-corrected chi connectivity index (χ2v) is 5.50. The van der Waals surface area contributed by atoms with Crippen molar-refractivity contribution in [3.8, 4) is 0 Å². The number of aliphatic imine (C=N–C) groups is 1. The molecule has 0 fully saturated rings. The van der Waals surface area contributed by atoms with E-state index in [2.05, 4.69) is 58.8 Å². The SMILES string of the molecule is CN=C(NCCc1ccco1)NCC(C)N(C)c1ccccc1.I. The number of nitrogens with one attached hydrogen (secondary N) is 2. The number of halogens is 1. The number of rotatable bonds is 7. The van der Waals surface area contributed by atoms with E-state index in [1.54, 1.807) is 13.3 Å². The van der Waals surface area contributed by atoms with Gasteiger partial charge in [0.25, 0.3) is 0 Å². The maximum atomic E-state index is 5.32. The molecule has 132 valence electrons. The number of para-hydroxylation sites is 1. The van der Waals surface area contributed by atoms with Gasteiger partial charge in [-0.1, -0.05) is 18.2 Å². The summed E-state index contributed by atoms with van der Waals surface area (Å²) in [5, 5.41) is 6.67. The lowest BCUT2D eigenvalue weighted by atomic mass is 10.2. The third-order valence-corrected chi connectivity index (χ3v) is 3.86. The molecule has 2 N–H and O–H groups in total. The predicted molar refractivity (Wildman–Crippen MR) is 111 cm³/mol. The normalized spacial score (nSPS) is 12.2. The molecular weight excluding hydrogens is 415 g/mol. The van der Waals surface area contributed by atoms with Crippen molar-refractivity contribution < 1.29 is 4.42 Å². The number of benzene rings is 1. The zero-order valence-corrected chi connectivity index (χ0v) is 16.9. The number of furan rings is 1. The Kier molecular flexibility index (Phi) is 9.29. The molecule has 2 rings (SSSR count). The van der Waals surface area contributed by atoms with E-state index < -0.39 is 0 Å². The van der Waals surface area contributed by atoms with Crippen LogP contribution in [0.5, 0.6) is 0 Å². The van der Waals surface area contributed by atoms with E-state index in [1.165, 1.54) is 5.69 Å². The van der Waals surface area contributed by atoms with E-state index in [1.807, 2.05) is 18.2 Å². The zero-order valence-electron chi connectivity index (χ0n) is 14.5. The molecule has 6 heteroatoms. The number of anilines is 1. The minimum atomic E-state index is 0. The maximum Gasteiger partial charge on any atom is 0.191 e. The second kappa shape index (κ2) is 11.0. The molecule has 1 unspecified atom stereocenters. The second-order valence-electron chi connectivity index (χ2n) is 5.50. The molecule has 0 saturated heterocycles. The lowest BCUT2D eigenvalue weighted by Gasteiger charge is -2.27. The van der Waals surface area contributed by atoms with Crippen LogP contribution in [0.2, 0.25) is 0 Å². The summed E-state index contributed by atoms with van der Waals surface area (Å²) in [6.45, 7) is 3.79. The van der Waals surface area contributed by atoms with Crippen LogP contribution in [0.1, 0.15) is 12.7 Å². The Bertz CT molecular complexity index is 586. The third kappa shape index (κ3) is 6.43. The molecule has 24 heavy (non-hydrogen) atoms. The van der Waals surface area contributed by atoms with Gasteiger partial charge in [0.2, 0.25) is 0 Å². The molecule has 0 aliphatic rings. The average Bonchev–Trinajstić information content (AvgIpc) is 3.11. The van der Waals surface area contributed by atoms with Crippen LogP contribution in [-0.4, -0.2) is 39.2 Å². The highest BCUT2D eigenvalue weighted by Crippen LogP contribution is 2.13. The largest absolute Gasteiger partial charge is 0.469 e. The van der Waals surface area contributed by atoms with Crippen LogP contribution in [0.3, 0.4) is 0 Å². The van der Waals surface area contributed by atoms with Gasteiger partial charge in [-0.3, -0.25) is 4.99 Å². The molecule has 0 aliphatic heterocycles. The van der Waals surface area contributed by atoms with Crippen molar-refractivity contribution in [2.75, 3.05) is 32.1 Å². The molecule has 0 amide bonds. The van der Waals surface area contributed by atoms with Crippen LogP contribution >= 0.6 is 24.0 Å². The summed E-state index contributed by atoms with van der Waals surface area (Å²) in [7, 11) is 3.89. The molecule has 0 radical (unpaired) electrons.